The van der Waals surface area contributed by atoms with E-state index in [1.807, 2.05) is 24.0 Å². The van der Waals surface area contributed by atoms with Crippen LogP contribution in [0.25, 0.3) is 0 Å². The molecule has 1 aliphatic carbocycles. The number of aromatic nitrogens is 2. The number of hydrogen-bond acceptors (Lipinski definition) is 4. The maximum atomic E-state index is 10.1. The normalized spacial score (nSPS) is 27.5. The highest BCUT2D eigenvalue weighted by atomic mass is 16.5. The van der Waals surface area contributed by atoms with Crippen molar-refractivity contribution in [2.24, 2.45) is 0 Å². The zero-order valence-corrected chi connectivity index (χ0v) is 13.6. The Kier molecular flexibility index (Phi) is 3.71. The van der Waals surface area contributed by atoms with Gasteiger partial charge in [0.1, 0.15) is 0 Å². The number of nitrogens with one attached hydrogen (secondary N) is 1. The van der Waals surface area contributed by atoms with Gasteiger partial charge >= 0.3 is 0 Å². The molecule has 0 bridgehead atoms. The SMILES string of the molecule is Cc1cnn([C@H]2[C@H](O)C[C@@H]2NC(C)c2ccc3c(c2)COC3)c1. The lowest BCUT2D eigenvalue weighted by Gasteiger charge is -2.43. The van der Waals surface area contributed by atoms with Gasteiger partial charge in [0.25, 0.3) is 0 Å². The molecule has 0 saturated heterocycles. The highest BCUT2D eigenvalue weighted by Crippen LogP contribution is 2.34. The first kappa shape index (κ1) is 14.9. The average molecular weight is 313 g/mol. The monoisotopic (exact) mass is 313 g/mol. The van der Waals surface area contributed by atoms with Gasteiger partial charge in [0.15, 0.2) is 0 Å². The zero-order chi connectivity index (χ0) is 16.0. The highest BCUT2D eigenvalue weighted by Gasteiger charge is 2.42. The Labute approximate surface area is 136 Å². The summed E-state index contributed by atoms with van der Waals surface area (Å²) < 4.78 is 7.38. The Morgan fingerprint density at radius 3 is 2.91 bits per heavy atom. The number of ether oxygens (including phenoxy) is 1. The van der Waals surface area contributed by atoms with Crippen molar-refractivity contribution < 1.29 is 9.84 Å². The molecule has 1 aromatic heterocycles. The second-order valence-corrected chi connectivity index (χ2v) is 6.81. The maximum absolute atomic E-state index is 10.1. The Bertz CT molecular complexity index is 712. The molecule has 5 nitrogen and oxygen atoms in total. The number of benzene rings is 1. The number of hydrogen-bond donors (Lipinski definition) is 2. The van der Waals surface area contributed by atoms with Gasteiger partial charge in [-0.25, -0.2) is 0 Å². The second-order valence-electron chi connectivity index (χ2n) is 6.81. The molecule has 0 amide bonds. The van der Waals surface area contributed by atoms with Crippen LogP contribution in [0.15, 0.2) is 30.6 Å². The largest absolute Gasteiger partial charge is 0.391 e. The van der Waals surface area contributed by atoms with Crippen LogP contribution < -0.4 is 5.32 Å². The van der Waals surface area contributed by atoms with Crippen molar-refractivity contribution in [2.75, 3.05) is 0 Å². The predicted octanol–water partition coefficient (Wildman–Crippen LogP) is 2.25. The summed E-state index contributed by atoms with van der Waals surface area (Å²) in [5, 5.41) is 18.1. The number of nitrogens with zero attached hydrogens (tertiary/aromatic N) is 2. The van der Waals surface area contributed by atoms with E-state index in [0.717, 1.165) is 18.6 Å². The van der Waals surface area contributed by atoms with Gasteiger partial charge in [-0.05, 0) is 42.5 Å². The van der Waals surface area contributed by atoms with E-state index >= 15 is 0 Å². The lowest BCUT2D eigenvalue weighted by molar-refractivity contribution is -0.0111. The van der Waals surface area contributed by atoms with E-state index in [1.165, 1.54) is 16.7 Å². The molecule has 1 saturated carbocycles. The third-order valence-corrected chi connectivity index (χ3v) is 5.05. The molecule has 122 valence electrons. The van der Waals surface area contributed by atoms with Gasteiger partial charge in [0.2, 0.25) is 0 Å². The van der Waals surface area contributed by atoms with E-state index in [2.05, 4.69) is 35.5 Å². The molecular formula is C18H23N3O2. The van der Waals surface area contributed by atoms with Crippen molar-refractivity contribution in [3.05, 3.63) is 52.8 Å². The van der Waals surface area contributed by atoms with Crippen LogP contribution >= 0.6 is 0 Å². The number of fused-ring (bicyclic) bond motifs is 1. The smallest absolute Gasteiger partial charge is 0.0932 e. The first-order chi connectivity index (χ1) is 11.1. The van der Waals surface area contributed by atoms with E-state index in [4.69, 9.17) is 4.74 Å². The van der Waals surface area contributed by atoms with Crippen molar-refractivity contribution in [2.45, 2.75) is 57.7 Å². The first-order valence-electron chi connectivity index (χ1n) is 8.26. The molecule has 2 N–H and O–H groups in total. The van der Waals surface area contributed by atoms with Crippen molar-refractivity contribution >= 4 is 0 Å². The Hall–Kier alpha value is -1.69. The fourth-order valence-electron chi connectivity index (χ4n) is 3.61. The van der Waals surface area contributed by atoms with Crippen LogP contribution in [0, 0.1) is 6.92 Å². The summed E-state index contributed by atoms with van der Waals surface area (Å²) in [5.74, 6) is 0. The van der Waals surface area contributed by atoms with Gasteiger partial charge in [-0.2, -0.15) is 5.10 Å². The van der Waals surface area contributed by atoms with E-state index < -0.39 is 0 Å². The Morgan fingerprint density at radius 1 is 1.35 bits per heavy atom. The van der Waals surface area contributed by atoms with E-state index in [0.29, 0.717) is 6.61 Å². The van der Waals surface area contributed by atoms with Crippen molar-refractivity contribution in [1.29, 1.82) is 0 Å². The third kappa shape index (κ3) is 2.69. The minimum Gasteiger partial charge on any atom is -0.391 e. The maximum Gasteiger partial charge on any atom is 0.0932 e. The molecule has 1 aliphatic heterocycles. The molecule has 2 heterocycles. The van der Waals surface area contributed by atoms with Crippen LogP contribution in [0.1, 0.15) is 47.7 Å². The summed E-state index contributed by atoms with van der Waals surface area (Å²) in [7, 11) is 0. The number of rotatable bonds is 4. The second kappa shape index (κ2) is 5.74. The standard InChI is InChI=1S/C18H23N3O2/c1-11-7-19-21(8-11)18-16(6-17(18)22)20-12(2)13-3-4-14-9-23-10-15(14)5-13/h3-5,7-8,12,16-18,20,22H,6,9-10H2,1-2H3/t12?,16-,17+,18+/m0/s1. The van der Waals surface area contributed by atoms with Crippen molar-refractivity contribution in [3.63, 3.8) is 0 Å². The van der Waals surface area contributed by atoms with E-state index in [9.17, 15) is 5.11 Å². The molecular weight excluding hydrogens is 290 g/mol. The van der Waals surface area contributed by atoms with Gasteiger partial charge in [0.05, 0.1) is 31.6 Å². The molecule has 0 radical (unpaired) electrons. The van der Waals surface area contributed by atoms with Crippen LogP contribution in [0.3, 0.4) is 0 Å². The number of aliphatic hydroxyl groups is 1. The highest BCUT2D eigenvalue weighted by molar-refractivity contribution is 5.34. The molecule has 1 fully saturated rings. The van der Waals surface area contributed by atoms with E-state index in [1.54, 1.807) is 0 Å². The lowest BCUT2D eigenvalue weighted by atomic mass is 9.82. The summed E-state index contributed by atoms with van der Waals surface area (Å²) in [5.41, 5.74) is 4.98. The van der Waals surface area contributed by atoms with Crippen molar-refractivity contribution in [1.82, 2.24) is 15.1 Å². The fraction of sp³-hybridized carbons (Fsp3) is 0.500. The zero-order valence-electron chi connectivity index (χ0n) is 13.6. The fourth-order valence-corrected chi connectivity index (χ4v) is 3.61. The quantitative estimate of drug-likeness (QED) is 0.909. The summed E-state index contributed by atoms with van der Waals surface area (Å²) in [4.78, 5) is 0. The van der Waals surface area contributed by atoms with Crippen LogP contribution in [-0.2, 0) is 18.0 Å². The Morgan fingerprint density at radius 2 is 2.17 bits per heavy atom. The van der Waals surface area contributed by atoms with Crippen molar-refractivity contribution in [3.8, 4) is 0 Å². The minimum absolute atomic E-state index is 0.0175. The van der Waals surface area contributed by atoms with Gasteiger partial charge in [-0.3, -0.25) is 4.68 Å². The predicted molar refractivity (Wildman–Crippen MR) is 86.9 cm³/mol. The van der Waals surface area contributed by atoms with Gasteiger partial charge in [-0.15, -0.1) is 0 Å². The summed E-state index contributed by atoms with van der Waals surface area (Å²) >= 11 is 0. The number of aryl methyl sites for hydroxylation is 1. The van der Waals surface area contributed by atoms with Crippen LogP contribution in [-0.4, -0.2) is 27.0 Å². The topological polar surface area (TPSA) is 59.3 Å². The van der Waals surface area contributed by atoms with Gasteiger partial charge in [0, 0.05) is 18.3 Å². The molecule has 2 aliphatic rings. The summed E-state index contributed by atoms with van der Waals surface area (Å²) in [6.07, 6.45) is 4.28. The Balaban J connectivity index is 1.47. The molecule has 1 aromatic carbocycles. The lowest BCUT2D eigenvalue weighted by Crippen LogP contribution is -2.55. The molecule has 0 spiro atoms. The summed E-state index contributed by atoms with van der Waals surface area (Å²) in [6.45, 7) is 5.64. The number of aliphatic hydroxyl groups excluding tert-OH is 1. The third-order valence-electron chi connectivity index (χ3n) is 5.05. The molecule has 1 unspecified atom stereocenters. The molecule has 5 heteroatoms. The van der Waals surface area contributed by atoms with Crippen LogP contribution in [0.2, 0.25) is 0 Å². The first-order valence-corrected chi connectivity index (χ1v) is 8.26. The van der Waals surface area contributed by atoms with Gasteiger partial charge in [-0.1, -0.05) is 18.2 Å². The molecule has 2 aromatic rings. The van der Waals surface area contributed by atoms with Crippen LogP contribution in [0.4, 0.5) is 0 Å². The minimum atomic E-state index is -0.326. The average Bonchev–Trinajstić information content (AvgIpc) is 3.14. The van der Waals surface area contributed by atoms with Gasteiger partial charge < -0.3 is 15.2 Å². The molecule has 23 heavy (non-hydrogen) atoms. The molecule has 4 rings (SSSR count). The summed E-state index contributed by atoms with van der Waals surface area (Å²) in [6, 6.07) is 7.07. The van der Waals surface area contributed by atoms with Crippen LogP contribution in [0.5, 0.6) is 0 Å². The van der Waals surface area contributed by atoms with E-state index in [-0.39, 0.29) is 24.2 Å². The molecule has 4 atom stereocenters.